The summed E-state index contributed by atoms with van der Waals surface area (Å²) in [5.41, 5.74) is 1.24. The number of aromatic nitrogens is 1. The number of hydrogen-bond donors (Lipinski definition) is 1. The fourth-order valence-electron chi connectivity index (χ4n) is 4.93. The monoisotopic (exact) mass is 368 g/mol. The summed E-state index contributed by atoms with van der Waals surface area (Å²) in [4.78, 5) is 6.97. The van der Waals surface area contributed by atoms with Crippen LogP contribution in [-0.2, 0) is 12.1 Å². The summed E-state index contributed by atoms with van der Waals surface area (Å²) in [5, 5.41) is 11.6. The molecule has 5 heteroatoms. The number of aliphatic hydroxyl groups is 1. The number of rotatable bonds is 5. The molecule has 2 bridgehead atoms. The Balaban J connectivity index is 1.54. The molecule has 0 amide bonds. The van der Waals surface area contributed by atoms with Gasteiger partial charge in [0.1, 0.15) is 5.60 Å². The van der Waals surface area contributed by atoms with E-state index in [4.69, 9.17) is 9.47 Å². The molecule has 1 aliphatic heterocycles. The van der Waals surface area contributed by atoms with E-state index < -0.39 is 5.60 Å². The van der Waals surface area contributed by atoms with E-state index in [-0.39, 0.29) is 11.8 Å². The van der Waals surface area contributed by atoms with Gasteiger partial charge in [0, 0.05) is 37.7 Å². The molecular formula is C22H28N2O3. The summed E-state index contributed by atoms with van der Waals surface area (Å²) in [5.74, 6) is 1.96. The Labute approximate surface area is 160 Å². The molecule has 0 spiro atoms. The summed E-state index contributed by atoms with van der Waals surface area (Å²) in [6.45, 7) is 2.63. The highest BCUT2D eigenvalue weighted by atomic mass is 16.5. The van der Waals surface area contributed by atoms with Crippen molar-refractivity contribution in [1.29, 1.82) is 0 Å². The van der Waals surface area contributed by atoms with Gasteiger partial charge in [0.25, 0.3) is 0 Å². The van der Waals surface area contributed by atoms with Gasteiger partial charge in [0.15, 0.2) is 11.5 Å². The molecule has 1 aromatic carbocycles. The Bertz CT molecular complexity index is 766. The van der Waals surface area contributed by atoms with E-state index in [9.17, 15) is 5.11 Å². The molecule has 4 rings (SSSR count). The molecule has 1 aromatic heterocycles. The van der Waals surface area contributed by atoms with Crippen LogP contribution in [0.25, 0.3) is 0 Å². The topological polar surface area (TPSA) is 54.8 Å². The minimum absolute atomic E-state index is 0.222. The fourth-order valence-corrected chi connectivity index (χ4v) is 4.93. The number of hydrogen-bond acceptors (Lipinski definition) is 5. The standard InChI is InChI=1S/C22H28N2O3/c1-26-19-10-9-16(12-20(19)27-2)13-24-14-17-6-5-7-18(15-24)22(17,25)21-8-3-4-11-23-21/h3-4,8-12,17-18,25H,5-7,13-15H2,1-2H3/t17-,18-/m0/s1. The molecule has 144 valence electrons. The highest BCUT2D eigenvalue weighted by Crippen LogP contribution is 2.48. The van der Waals surface area contributed by atoms with Crippen LogP contribution in [0.15, 0.2) is 42.6 Å². The van der Waals surface area contributed by atoms with Crippen LogP contribution in [0.3, 0.4) is 0 Å². The number of ether oxygens (including phenoxy) is 2. The molecule has 1 saturated heterocycles. The third kappa shape index (κ3) is 3.30. The number of likely N-dealkylation sites (tertiary alicyclic amines) is 1. The van der Waals surface area contributed by atoms with Gasteiger partial charge in [-0.2, -0.15) is 0 Å². The molecule has 0 radical (unpaired) electrons. The van der Waals surface area contributed by atoms with Crippen LogP contribution in [-0.4, -0.2) is 42.3 Å². The lowest BCUT2D eigenvalue weighted by atomic mass is 9.64. The molecule has 2 aromatic rings. The average Bonchev–Trinajstić information content (AvgIpc) is 2.69. The molecule has 1 aliphatic carbocycles. The summed E-state index contributed by atoms with van der Waals surface area (Å²) in [7, 11) is 3.32. The van der Waals surface area contributed by atoms with E-state index in [0.29, 0.717) is 0 Å². The Morgan fingerprint density at radius 1 is 1.07 bits per heavy atom. The van der Waals surface area contributed by atoms with Crippen molar-refractivity contribution in [2.75, 3.05) is 27.3 Å². The number of benzene rings is 1. The lowest BCUT2D eigenvalue weighted by Gasteiger charge is -2.52. The van der Waals surface area contributed by atoms with Crippen LogP contribution in [0.2, 0.25) is 0 Å². The van der Waals surface area contributed by atoms with Gasteiger partial charge >= 0.3 is 0 Å². The second kappa shape index (κ2) is 7.49. The summed E-state index contributed by atoms with van der Waals surface area (Å²) in [6, 6.07) is 12.0. The van der Waals surface area contributed by atoms with Crippen molar-refractivity contribution < 1.29 is 14.6 Å². The first-order chi connectivity index (χ1) is 13.1. The van der Waals surface area contributed by atoms with Crippen molar-refractivity contribution in [1.82, 2.24) is 9.88 Å². The molecular weight excluding hydrogens is 340 g/mol. The van der Waals surface area contributed by atoms with Gasteiger partial charge in [-0.05, 0) is 42.7 Å². The minimum Gasteiger partial charge on any atom is -0.493 e. The second-order valence-electron chi connectivity index (χ2n) is 7.75. The zero-order chi connectivity index (χ0) is 18.9. The first kappa shape index (κ1) is 18.3. The SMILES string of the molecule is COc1ccc(CN2C[C@@H]3CCC[C@@H](C2)C3(O)c2ccccn2)cc1OC. The first-order valence-corrected chi connectivity index (χ1v) is 9.72. The quantitative estimate of drug-likeness (QED) is 0.878. The highest BCUT2D eigenvalue weighted by molar-refractivity contribution is 5.42. The van der Waals surface area contributed by atoms with Crippen molar-refractivity contribution in [2.45, 2.75) is 31.4 Å². The van der Waals surface area contributed by atoms with Crippen molar-refractivity contribution >= 4 is 0 Å². The smallest absolute Gasteiger partial charge is 0.161 e. The van der Waals surface area contributed by atoms with Crippen LogP contribution >= 0.6 is 0 Å². The maximum Gasteiger partial charge on any atom is 0.161 e. The van der Waals surface area contributed by atoms with Crippen LogP contribution in [0.4, 0.5) is 0 Å². The van der Waals surface area contributed by atoms with E-state index in [1.165, 1.54) is 12.0 Å². The molecule has 2 aliphatic rings. The van der Waals surface area contributed by atoms with Crippen LogP contribution in [0.1, 0.15) is 30.5 Å². The number of nitrogens with zero attached hydrogens (tertiary/aromatic N) is 2. The number of piperidine rings is 1. The van der Waals surface area contributed by atoms with Gasteiger partial charge in [-0.1, -0.05) is 18.6 Å². The largest absolute Gasteiger partial charge is 0.493 e. The highest BCUT2D eigenvalue weighted by Gasteiger charge is 2.52. The molecule has 2 fully saturated rings. The normalized spacial score (nSPS) is 28.0. The van der Waals surface area contributed by atoms with E-state index in [1.807, 2.05) is 30.3 Å². The van der Waals surface area contributed by atoms with Gasteiger partial charge < -0.3 is 14.6 Å². The van der Waals surface area contributed by atoms with E-state index in [0.717, 1.165) is 49.7 Å². The van der Waals surface area contributed by atoms with Crippen LogP contribution in [0, 0.1) is 11.8 Å². The molecule has 2 heterocycles. The second-order valence-corrected chi connectivity index (χ2v) is 7.75. The van der Waals surface area contributed by atoms with Gasteiger partial charge in [0.05, 0.1) is 19.9 Å². The van der Waals surface area contributed by atoms with Gasteiger partial charge in [-0.3, -0.25) is 9.88 Å². The number of pyridine rings is 1. The predicted octanol–water partition coefficient (Wildman–Crippen LogP) is 3.22. The zero-order valence-electron chi connectivity index (χ0n) is 16.1. The molecule has 2 atom stereocenters. The Morgan fingerprint density at radius 3 is 2.44 bits per heavy atom. The van der Waals surface area contributed by atoms with E-state index in [2.05, 4.69) is 16.0 Å². The average molecular weight is 368 g/mol. The van der Waals surface area contributed by atoms with Crippen LogP contribution < -0.4 is 9.47 Å². The third-order valence-corrected chi connectivity index (χ3v) is 6.24. The van der Waals surface area contributed by atoms with Crippen molar-refractivity contribution in [3.8, 4) is 11.5 Å². The van der Waals surface area contributed by atoms with Crippen molar-refractivity contribution in [2.24, 2.45) is 11.8 Å². The lowest BCUT2D eigenvalue weighted by Crippen LogP contribution is -2.58. The maximum atomic E-state index is 11.6. The van der Waals surface area contributed by atoms with E-state index >= 15 is 0 Å². The maximum absolute atomic E-state index is 11.6. The molecule has 1 saturated carbocycles. The Kier molecular flexibility index (Phi) is 5.06. The van der Waals surface area contributed by atoms with Crippen LogP contribution in [0.5, 0.6) is 11.5 Å². The van der Waals surface area contributed by atoms with Gasteiger partial charge in [-0.25, -0.2) is 0 Å². The van der Waals surface area contributed by atoms with E-state index in [1.54, 1.807) is 20.4 Å². The van der Waals surface area contributed by atoms with Gasteiger partial charge in [-0.15, -0.1) is 0 Å². The molecule has 5 nitrogen and oxygen atoms in total. The minimum atomic E-state index is -0.798. The zero-order valence-corrected chi connectivity index (χ0v) is 16.1. The molecule has 1 N–H and O–H groups in total. The van der Waals surface area contributed by atoms with Crippen molar-refractivity contribution in [3.05, 3.63) is 53.9 Å². The Hall–Kier alpha value is -2.11. The Morgan fingerprint density at radius 2 is 1.81 bits per heavy atom. The predicted molar refractivity (Wildman–Crippen MR) is 104 cm³/mol. The third-order valence-electron chi connectivity index (χ3n) is 6.24. The van der Waals surface area contributed by atoms with Gasteiger partial charge in [0.2, 0.25) is 0 Å². The number of methoxy groups -OCH3 is 2. The fraction of sp³-hybridized carbons (Fsp3) is 0.500. The first-order valence-electron chi connectivity index (χ1n) is 9.72. The van der Waals surface area contributed by atoms with Crippen molar-refractivity contribution in [3.63, 3.8) is 0 Å². The lowest BCUT2D eigenvalue weighted by molar-refractivity contribution is -0.151. The number of fused-ring (bicyclic) bond motifs is 2. The summed E-state index contributed by atoms with van der Waals surface area (Å²) >= 11 is 0. The molecule has 27 heavy (non-hydrogen) atoms. The summed E-state index contributed by atoms with van der Waals surface area (Å²) in [6.07, 6.45) is 5.08. The summed E-state index contributed by atoms with van der Waals surface area (Å²) < 4.78 is 10.8. The molecule has 0 unspecified atom stereocenters.